The molecular weight excluding hydrogens is 320 g/mol. The number of aryl methyl sites for hydroxylation is 3. The van der Waals surface area contributed by atoms with Gasteiger partial charge in [-0.05, 0) is 57.9 Å². The van der Waals surface area contributed by atoms with E-state index in [0.717, 1.165) is 33.9 Å². The molecule has 0 saturated heterocycles. The van der Waals surface area contributed by atoms with Crippen LogP contribution in [0, 0.1) is 27.7 Å². The van der Waals surface area contributed by atoms with Crippen molar-refractivity contribution in [1.82, 2.24) is 9.97 Å². The van der Waals surface area contributed by atoms with E-state index in [1.54, 1.807) is 6.92 Å². The van der Waals surface area contributed by atoms with Crippen molar-refractivity contribution in [3.05, 3.63) is 81.4 Å². The zero-order valence-corrected chi connectivity index (χ0v) is 16.9. The maximum absolute atomic E-state index is 12.0. The maximum Gasteiger partial charge on any atom is 0.161 e. The number of aromatic amines is 2. The van der Waals surface area contributed by atoms with Gasteiger partial charge in [0, 0.05) is 28.3 Å². The van der Waals surface area contributed by atoms with Crippen molar-refractivity contribution in [2.24, 2.45) is 0 Å². The summed E-state index contributed by atoms with van der Waals surface area (Å²) in [6, 6.07) is 12.8. The quantitative estimate of drug-likeness (QED) is 0.558. The highest BCUT2D eigenvalue weighted by Gasteiger charge is 2.25. The van der Waals surface area contributed by atoms with Crippen LogP contribution in [0.15, 0.2) is 36.4 Å². The molecule has 26 heavy (non-hydrogen) atoms. The molecular formula is C23H30N2O. The predicted octanol–water partition coefficient (Wildman–Crippen LogP) is 5.99. The Bertz CT molecular complexity index is 882. The van der Waals surface area contributed by atoms with Crippen LogP contribution in [0.3, 0.4) is 0 Å². The summed E-state index contributed by atoms with van der Waals surface area (Å²) >= 11 is 0. The van der Waals surface area contributed by atoms with Crippen LogP contribution in [-0.4, -0.2) is 15.8 Å². The van der Waals surface area contributed by atoms with Crippen LogP contribution in [0.2, 0.25) is 0 Å². The first-order valence-corrected chi connectivity index (χ1v) is 9.30. The minimum atomic E-state index is 0.0612. The number of rotatable bonds is 4. The van der Waals surface area contributed by atoms with Gasteiger partial charge in [0.25, 0.3) is 0 Å². The molecule has 0 aliphatic carbocycles. The Kier molecular flexibility index (Phi) is 6.25. The molecule has 3 heteroatoms. The molecule has 3 aromatic rings. The molecule has 1 aromatic carbocycles. The SMILES string of the molecule is CC.CC(=O)c1c(C)[nH]c(C(c2ccc(C)cc2)c2ccc(C)[nH]2)c1C. The van der Waals surface area contributed by atoms with Crippen molar-refractivity contribution in [3.8, 4) is 0 Å². The lowest BCUT2D eigenvalue weighted by Crippen LogP contribution is -2.07. The Labute approximate surface area is 156 Å². The van der Waals surface area contributed by atoms with E-state index in [1.165, 1.54) is 11.1 Å². The van der Waals surface area contributed by atoms with E-state index in [0.29, 0.717) is 0 Å². The molecule has 1 atom stereocenters. The zero-order chi connectivity index (χ0) is 19.4. The van der Waals surface area contributed by atoms with Crippen LogP contribution >= 0.6 is 0 Å². The molecule has 2 N–H and O–H groups in total. The van der Waals surface area contributed by atoms with Crippen LogP contribution in [0.5, 0.6) is 0 Å². The lowest BCUT2D eigenvalue weighted by Gasteiger charge is -2.17. The van der Waals surface area contributed by atoms with Gasteiger partial charge >= 0.3 is 0 Å². The third kappa shape index (κ3) is 3.82. The van der Waals surface area contributed by atoms with E-state index < -0.39 is 0 Å². The summed E-state index contributed by atoms with van der Waals surface area (Å²) in [4.78, 5) is 19.0. The monoisotopic (exact) mass is 350 g/mol. The standard InChI is InChI=1S/C21H24N2O.C2H6/c1-12-6-9-17(10-7-12)20(18-11-8-13(2)22-18)21-14(3)19(16(5)24)15(4)23-21;1-2/h6-11,20,22-23H,1-5H3;1-2H3. The summed E-state index contributed by atoms with van der Waals surface area (Å²) in [5, 5.41) is 0. The number of carbonyl (C=O) groups is 1. The lowest BCUT2D eigenvalue weighted by molar-refractivity contribution is 0.101. The highest BCUT2D eigenvalue weighted by atomic mass is 16.1. The van der Waals surface area contributed by atoms with Gasteiger partial charge in [0.1, 0.15) is 0 Å². The Hall–Kier alpha value is -2.55. The zero-order valence-electron chi connectivity index (χ0n) is 16.9. The molecule has 0 bridgehead atoms. The van der Waals surface area contributed by atoms with Crippen LogP contribution in [0.25, 0.3) is 0 Å². The van der Waals surface area contributed by atoms with Gasteiger partial charge in [0.15, 0.2) is 5.78 Å². The number of carbonyl (C=O) groups excluding carboxylic acids is 1. The maximum atomic E-state index is 12.0. The number of benzene rings is 1. The van der Waals surface area contributed by atoms with Crippen molar-refractivity contribution >= 4 is 5.78 Å². The van der Waals surface area contributed by atoms with Crippen molar-refractivity contribution in [1.29, 1.82) is 0 Å². The number of hydrogen-bond acceptors (Lipinski definition) is 1. The summed E-state index contributed by atoms with van der Waals surface area (Å²) in [5.74, 6) is 0.170. The first-order valence-electron chi connectivity index (χ1n) is 9.30. The topological polar surface area (TPSA) is 48.6 Å². The number of Topliss-reactive ketones (excluding diaryl/α,β-unsaturated/α-hetero) is 1. The molecule has 2 heterocycles. The largest absolute Gasteiger partial charge is 0.362 e. The fraction of sp³-hybridized carbons (Fsp3) is 0.348. The molecule has 1 unspecified atom stereocenters. The number of ketones is 1. The second kappa shape index (κ2) is 8.22. The second-order valence-electron chi connectivity index (χ2n) is 6.66. The smallest absolute Gasteiger partial charge is 0.161 e. The third-order valence-electron chi connectivity index (χ3n) is 4.69. The van der Waals surface area contributed by atoms with Crippen molar-refractivity contribution < 1.29 is 4.79 Å². The van der Waals surface area contributed by atoms with E-state index in [1.807, 2.05) is 27.7 Å². The number of H-pyrrole nitrogens is 2. The number of nitrogens with one attached hydrogen (secondary N) is 2. The molecule has 0 saturated carbocycles. The van der Waals surface area contributed by atoms with Gasteiger partial charge in [0.2, 0.25) is 0 Å². The van der Waals surface area contributed by atoms with Gasteiger partial charge in [-0.3, -0.25) is 4.79 Å². The van der Waals surface area contributed by atoms with E-state index in [-0.39, 0.29) is 11.7 Å². The van der Waals surface area contributed by atoms with Gasteiger partial charge in [-0.1, -0.05) is 43.7 Å². The van der Waals surface area contributed by atoms with E-state index in [2.05, 4.69) is 60.2 Å². The molecule has 138 valence electrons. The van der Waals surface area contributed by atoms with Crippen LogP contribution in [0.1, 0.15) is 76.5 Å². The fourth-order valence-electron chi connectivity index (χ4n) is 3.55. The Balaban J connectivity index is 0.00000117. The van der Waals surface area contributed by atoms with Crippen LogP contribution in [-0.2, 0) is 0 Å². The molecule has 0 aliphatic heterocycles. The molecule has 2 aromatic heterocycles. The molecule has 3 nitrogen and oxygen atoms in total. The average molecular weight is 351 g/mol. The molecule has 3 rings (SSSR count). The Morgan fingerprint density at radius 2 is 1.50 bits per heavy atom. The summed E-state index contributed by atoms with van der Waals surface area (Å²) in [6.07, 6.45) is 0. The molecule has 0 fully saturated rings. The van der Waals surface area contributed by atoms with Crippen molar-refractivity contribution in [2.45, 2.75) is 54.4 Å². The average Bonchev–Trinajstić information content (AvgIpc) is 3.15. The lowest BCUT2D eigenvalue weighted by atomic mass is 9.89. The van der Waals surface area contributed by atoms with Crippen molar-refractivity contribution in [3.63, 3.8) is 0 Å². The van der Waals surface area contributed by atoms with Crippen LogP contribution < -0.4 is 0 Å². The molecule has 0 aliphatic rings. The first-order chi connectivity index (χ1) is 12.4. The highest BCUT2D eigenvalue weighted by molar-refractivity contribution is 5.97. The molecule has 0 radical (unpaired) electrons. The first kappa shape index (κ1) is 19.8. The number of aromatic nitrogens is 2. The summed E-state index contributed by atoms with van der Waals surface area (Å²) in [5.41, 5.74) is 8.60. The number of hydrogen-bond donors (Lipinski definition) is 2. The minimum absolute atomic E-state index is 0.0612. The summed E-state index contributed by atoms with van der Waals surface area (Å²) < 4.78 is 0. The minimum Gasteiger partial charge on any atom is -0.362 e. The van der Waals surface area contributed by atoms with Crippen molar-refractivity contribution in [2.75, 3.05) is 0 Å². The third-order valence-corrected chi connectivity index (χ3v) is 4.69. The van der Waals surface area contributed by atoms with Crippen LogP contribution in [0.4, 0.5) is 0 Å². The molecule has 0 spiro atoms. The highest BCUT2D eigenvalue weighted by Crippen LogP contribution is 2.35. The van der Waals surface area contributed by atoms with Gasteiger partial charge in [0.05, 0.1) is 5.92 Å². The van der Waals surface area contributed by atoms with Gasteiger partial charge in [-0.25, -0.2) is 0 Å². The van der Waals surface area contributed by atoms with E-state index in [4.69, 9.17) is 0 Å². The van der Waals surface area contributed by atoms with Gasteiger partial charge < -0.3 is 9.97 Å². The second-order valence-corrected chi connectivity index (χ2v) is 6.66. The normalized spacial score (nSPS) is 11.7. The fourth-order valence-corrected chi connectivity index (χ4v) is 3.55. The van der Waals surface area contributed by atoms with Gasteiger partial charge in [-0.15, -0.1) is 0 Å². The Morgan fingerprint density at radius 3 is 1.96 bits per heavy atom. The predicted molar refractivity (Wildman–Crippen MR) is 109 cm³/mol. The molecule has 0 amide bonds. The summed E-state index contributed by atoms with van der Waals surface area (Å²) in [7, 11) is 0. The Morgan fingerprint density at radius 1 is 0.885 bits per heavy atom. The van der Waals surface area contributed by atoms with E-state index in [9.17, 15) is 4.79 Å². The van der Waals surface area contributed by atoms with Gasteiger partial charge in [-0.2, -0.15) is 0 Å². The summed E-state index contributed by atoms with van der Waals surface area (Å²) in [6.45, 7) is 13.8. The van der Waals surface area contributed by atoms with E-state index >= 15 is 0 Å².